The highest BCUT2D eigenvalue weighted by Gasteiger charge is 2.37. The molecule has 0 N–H and O–H groups in total. The van der Waals surface area contributed by atoms with Crippen molar-refractivity contribution in [3.8, 4) is 11.3 Å². The van der Waals surface area contributed by atoms with Crippen molar-refractivity contribution in [1.82, 2.24) is 0 Å². The lowest BCUT2D eigenvalue weighted by molar-refractivity contribution is -0.143. The monoisotopic (exact) mass is 308 g/mol. The van der Waals surface area contributed by atoms with E-state index in [1.54, 1.807) is 0 Å². The van der Waals surface area contributed by atoms with Crippen molar-refractivity contribution >= 4 is 6.29 Å². The van der Waals surface area contributed by atoms with Crippen molar-refractivity contribution in [1.29, 1.82) is 0 Å². The van der Waals surface area contributed by atoms with Gasteiger partial charge in [0.2, 0.25) is 0 Å². The standard InChI is InChI=1S/C13H6F6O2/c14-12(15,16)8-3-7(4-9(5-8)13(17,18)19)11-2-1-10(6-20)21-11/h1-6H. The zero-order chi connectivity index (χ0) is 15.8. The summed E-state index contributed by atoms with van der Waals surface area (Å²) < 4.78 is 80.9. The van der Waals surface area contributed by atoms with Crippen LogP contribution >= 0.6 is 0 Å². The fourth-order valence-electron chi connectivity index (χ4n) is 1.67. The summed E-state index contributed by atoms with van der Waals surface area (Å²) in [6.07, 6.45) is -9.58. The van der Waals surface area contributed by atoms with Crippen molar-refractivity contribution in [2.24, 2.45) is 0 Å². The van der Waals surface area contributed by atoms with Crippen LogP contribution in [0.2, 0.25) is 0 Å². The number of alkyl halides is 6. The van der Waals surface area contributed by atoms with Crippen LogP contribution < -0.4 is 0 Å². The lowest BCUT2D eigenvalue weighted by Crippen LogP contribution is -2.11. The summed E-state index contributed by atoms with van der Waals surface area (Å²) in [5.74, 6) is -0.454. The van der Waals surface area contributed by atoms with Gasteiger partial charge in [-0.1, -0.05) is 0 Å². The van der Waals surface area contributed by atoms with Gasteiger partial charge in [0.1, 0.15) is 5.76 Å². The lowest BCUT2D eigenvalue weighted by Gasteiger charge is -2.13. The molecule has 0 aliphatic rings. The molecule has 0 fully saturated rings. The first kappa shape index (κ1) is 15.1. The second-order valence-electron chi connectivity index (χ2n) is 4.11. The Morgan fingerprint density at radius 2 is 1.38 bits per heavy atom. The second kappa shape index (κ2) is 4.94. The number of carbonyl (C=O) groups is 1. The maximum atomic E-state index is 12.7. The third kappa shape index (κ3) is 3.26. The number of furan rings is 1. The van der Waals surface area contributed by atoms with E-state index in [9.17, 15) is 31.1 Å². The Morgan fingerprint density at radius 1 is 0.857 bits per heavy atom. The summed E-state index contributed by atoms with van der Waals surface area (Å²) in [6, 6.07) is 3.35. The van der Waals surface area contributed by atoms with Crippen LogP contribution in [0.3, 0.4) is 0 Å². The molecular weight excluding hydrogens is 302 g/mol. The minimum atomic E-state index is -4.93. The molecule has 0 aliphatic heterocycles. The number of carbonyl (C=O) groups excluding carboxylic acids is 1. The van der Waals surface area contributed by atoms with Gasteiger partial charge in [0.15, 0.2) is 12.0 Å². The molecule has 2 aromatic rings. The van der Waals surface area contributed by atoms with E-state index < -0.39 is 29.0 Å². The van der Waals surface area contributed by atoms with Crippen molar-refractivity contribution < 1.29 is 35.6 Å². The minimum Gasteiger partial charge on any atom is -0.453 e. The zero-order valence-electron chi connectivity index (χ0n) is 10.0. The Balaban J connectivity index is 2.62. The van der Waals surface area contributed by atoms with Gasteiger partial charge < -0.3 is 4.42 Å². The van der Waals surface area contributed by atoms with E-state index >= 15 is 0 Å². The Kier molecular flexibility index (Phi) is 3.56. The summed E-state index contributed by atoms with van der Waals surface area (Å²) in [4.78, 5) is 10.4. The maximum Gasteiger partial charge on any atom is 0.416 e. The van der Waals surface area contributed by atoms with Crippen molar-refractivity contribution in [3.63, 3.8) is 0 Å². The summed E-state index contributed by atoms with van der Waals surface area (Å²) >= 11 is 0. The lowest BCUT2D eigenvalue weighted by atomic mass is 10.0. The van der Waals surface area contributed by atoms with Crippen LogP contribution in [0.1, 0.15) is 21.7 Å². The first-order valence-corrected chi connectivity index (χ1v) is 5.46. The minimum absolute atomic E-state index is 0.0209. The largest absolute Gasteiger partial charge is 0.453 e. The molecule has 8 heteroatoms. The van der Waals surface area contributed by atoms with E-state index in [1.807, 2.05) is 0 Å². The van der Waals surface area contributed by atoms with Gasteiger partial charge in [-0.05, 0) is 30.3 Å². The maximum absolute atomic E-state index is 12.7. The highest BCUT2D eigenvalue weighted by Crippen LogP contribution is 2.38. The van der Waals surface area contributed by atoms with Crippen LogP contribution in [0, 0.1) is 0 Å². The van der Waals surface area contributed by atoms with Crippen LogP contribution in [-0.2, 0) is 12.4 Å². The van der Waals surface area contributed by atoms with Crippen LogP contribution in [0.5, 0.6) is 0 Å². The molecule has 2 nitrogen and oxygen atoms in total. The van der Waals surface area contributed by atoms with Gasteiger partial charge in [-0.2, -0.15) is 26.3 Å². The molecule has 0 saturated heterocycles. The molecule has 112 valence electrons. The smallest absolute Gasteiger partial charge is 0.416 e. The Hall–Kier alpha value is -2.25. The van der Waals surface area contributed by atoms with Crippen LogP contribution in [0.4, 0.5) is 26.3 Å². The van der Waals surface area contributed by atoms with Gasteiger partial charge in [-0.25, -0.2) is 0 Å². The van der Waals surface area contributed by atoms with E-state index in [0.717, 1.165) is 12.1 Å². The third-order valence-corrected chi connectivity index (χ3v) is 2.62. The Bertz CT molecular complexity index is 634. The molecule has 1 aromatic heterocycles. The average Bonchev–Trinajstić information content (AvgIpc) is 2.85. The molecule has 0 aliphatic carbocycles. The highest BCUT2D eigenvalue weighted by molar-refractivity contribution is 5.73. The molecule has 0 radical (unpaired) electrons. The highest BCUT2D eigenvalue weighted by atomic mass is 19.4. The topological polar surface area (TPSA) is 30.2 Å². The van der Waals surface area contributed by atoms with Gasteiger partial charge in [0.25, 0.3) is 0 Å². The van der Waals surface area contributed by atoms with Crippen molar-refractivity contribution in [3.05, 3.63) is 47.2 Å². The van der Waals surface area contributed by atoms with Crippen LogP contribution in [0.25, 0.3) is 11.3 Å². The van der Waals surface area contributed by atoms with E-state index in [1.165, 1.54) is 0 Å². The van der Waals surface area contributed by atoms with Crippen molar-refractivity contribution in [2.75, 3.05) is 0 Å². The van der Waals surface area contributed by atoms with Gasteiger partial charge in [0, 0.05) is 5.56 Å². The SMILES string of the molecule is O=Cc1ccc(-c2cc(C(F)(F)F)cc(C(F)(F)F)c2)o1. The first-order valence-electron chi connectivity index (χ1n) is 5.46. The molecule has 1 aromatic carbocycles. The molecule has 0 bridgehead atoms. The van der Waals surface area contributed by atoms with E-state index in [-0.39, 0.29) is 17.6 Å². The molecule has 1 heterocycles. The predicted molar refractivity (Wildman–Crippen MR) is 59.5 cm³/mol. The summed E-state index contributed by atoms with van der Waals surface area (Å²) in [6.45, 7) is 0. The predicted octanol–water partition coefficient (Wildman–Crippen LogP) is 4.80. The average molecular weight is 308 g/mol. The summed E-state index contributed by atoms with van der Waals surface area (Å²) in [5.41, 5.74) is -3.31. The quantitative estimate of drug-likeness (QED) is 0.589. The molecule has 0 unspecified atom stereocenters. The molecule has 0 saturated carbocycles. The summed E-state index contributed by atoms with van der Waals surface area (Å²) in [7, 11) is 0. The number of rotatable bonds is 2. The normalized spacial score (nSPS) is 12.5. The van der Waals surface area contributed by atoms with Crippen molar-refractivity contribution in [2.45, 2.75) is 12.4 Å². The Morgan fingerprint density at radius 3 is 1.76 bits per heavy atom. The first-order chi connectivity index (χ1) is 9.61. The molecular formula is C13H6F6O2. The van der Waals surface area contributed by atoms with E-state index in [0.29, 0.717) is 18.4 Å². The third-order valence-electron chi connectivity index (χ3n) is 2.62. The number of hydrogen-bond donors (Lipinski definition) is 0. The zero-order valence-corrected chi connectivity index (χ0v) is 10.0. The fourth-order valence-corrected chi connectivity index (χ4v) is 1.67. The van der Waals surface area contributed by atoms with Crippen LogP contribution in [0.15, 0.2) is 34.7 Å². The second-order valence-corrected chi connectivity index (χ2v) is 4.11. The molecule has 2 rings (SSSR count). The van der Waals surface area contributed by atoms with Gasteiger partial charge in [-0.15, -0.1) is 0 Å². The summed E-state index contributed by atoms with van der Waals surface area (Å²) in [5, 5.41) is 0. The van der Waals surface area contributed by atoms with Gasteiger partial charge in [0.05, 0.1) is 11.1 Å². The van der Waals surface area contributed by atoms with Gasteiger partial charge in [-0.3, -0.25) is 4.79 Å². The number of benzene rings is 1. The van der Waals surface area contributed by atoms with E-state index in [4.69, 9.17) is 4.42 Å². The van der Waals surface area contributed by atoms with Crippen LogP contribution in [-0.4, -0.2) is 6.29 Å². The fraction of sp³-hybridized carbons (Fsp3) is 0.154. The number of hydrogen-bond acceptors (Lipinski definition) is 2. The number of halogens is 6. The van der Waals surface area contributed by atoms with Gasteiger partial charge >= 0.3 is 12.4 Å². The molecule has 0 atom stereocenters. The van der Waals surface area contributed by atoms with E-state index in [2.05, 4.69) is 0 Å². The Labute approximate surface area is 114 Å². The molecule has 0 amide bonds. The number of aldehydes is 1. The molecule has 21 heavy (non-hydrogen) atoms. The molecule has 0 spiro atoms.